The van der Waals surface area contributed by atoms with Crippen molar-refractivity contribution in [3.05, 3.63) is 114 Å². The van der Waals surface area contributed by atoms with Crippen LogP contribution in [0.5, 0.6) is 0 Å². The number of hydrogen-bond donors (Lipinski definition) is 4. The number of nitrogens with zero attached hydrogens (tertiary/aromatic N) is 6. The average Bonchev–Trinajstić information content (AvgIpc) is 3.69. The van der Waals surface area contributed by atoms with Gasteiger partial charge in [0.25, 0.3) is 0 Å². The molecule has 11 heteroatoms. The first-order chi connectivity index (χ1) is 22.4. The van der Waals surface area contributed by atoms with Crippen molar-refractivity contribution in [3.63, 3.8) is 0 Å². The third kappa shape index (κ3) is 6.11. The molecule has 0 spiro atoms. The highest BCUT2D eigenvalue weighted by Crippen LogP contribution is 2.33. The fraction of sp³-hybridized carbons (Fsp3) is 0.171. The first kappa shape index (κ1) is 29.4. The summed E-state index contributed by atoms with van der Waals surface area (Å²) in [5.74, 6) is 0.187. The molecule has 5 aromatic heterocycles. The van der Waals surface area contributed by atoms with Crippen LogP contribution in [-0.4, -0.2) is 60.7 Å². The van der Waals surface area contributed by atoms with Crippen LogP contribution in [0.25, 0.3) is 56.0 Å². The number of aromatic nitrogens is 7. The second-order valence-corrected chi connectivity index (χ2v) is 11.6. The van der Waals surface area contributed by atoms with Crippen molar-refractivity contribution in [3.8, 4) is 33.9 Å². The number of pyridine rings is 3. The zero-order valence-electron chi connectivity index (χ0n) is 25.5. The largest absolute Gasteiger partial charge is 0.335 e. The summed E-state index contributed by atoms with van der Waals surface area (Å²) in [5.41, 5.74) is 15.1. The van der Waals surface area contributed by atoms with Gasteiger partial charge in [0.2, 0.25) is 0 Å². The monoisotopic (exact) mass is 612 g/mol. The van der Waals surface area contributed by atoms with Crippen LogP contribution < -0.4 is 11.1 Å². The molecule has 5 N–H and O–H groups in total. The standard InChI is InChI=1S/C35H33FN10/c1-46(2)20-29(37)24-11-23(12-26(36)13-24)27-8-9-40-34-32(27)42-35(43-34)33-28-14-30(41-19-31(28)44-45-33)25-10-22(17-39-18-25)16-38-15-21-6-4-3-5-7-21/h3-14,17-19,29,38H,15-16,20,37H2,1-2H3,(H,44,45)(H,40,42,43). The Morgan fingerprint density at radius 3 is 2.61 bits per heavy atom. The predicted molar refractivity (Wildman–Crippen MR) is 178 cm³/mol. The smallest absolute Gasteiger partial charge is 0.178 e. The van der Waals surface area contributed by atoms with E-state index >= 15 is 0 Å². The van der Waals surface area contributed by atoms with E-state index in [-0.39, 0.29) is 11.9 Å². The van der Waals surface area contributed by atoms with Gasteiger partial charge in [-0.3, -0.25) is 15.1 Å². The lowest BCUT2D eigenvalue weighted by Gasteiger charge is -2.18. The van der Waals surface area contributed by atoms with Crippen molar-refractivity contribution in [1.82, 2.24) is 45.3 Å². The fourth-order valence-electron chi connectivity index (χ4n) is 5.67. The maximum Gasteiger partial charge on any atom is 0.178 e. The van der Waals surface area contributed by atoms with Crippen molar-refractivity contribution >= 4 is 22.1 Å². The van der Waals surface area contributed by atoms with E-state index in [1.54, 1.807) is 12.4 Å². The SMILES string of the molecule is CN(C)CC(N)c1cc(F)cc(-c2ccnc3nc(-c4n[nH]c5cnc(-c6cncc(CNCc7ccccc7)c6)cc45)[nH]c23)c1. The molecular weight excluding hydrogens is 579 g/mol. The molecule has 1 atom stereocenters. The number of imidazole rings is 1. The molecule has 46 heavy (non-hydrogen) atoms. The Morgan fingerprint density at radius 2 is 1.76 bits per heavy atom. The van der Waals surface area contributed by atoms with Crippen LogP contribution in [0.1, 0.15) is 22.7 Å². The van der Waals surface area contributed by atoms with E-state index < -0.39 is 0 Å². The quantitative estimate of drug-likeness (QED) is 0.156. The molecule has 230 valence electrons. The predicted octanol–water partition coefficient (Wildman–Crippen LogP) is 5.62. The zero-order valence-corrected chi connectivity index (χ0v) is 25.5. The van der Waals surface area contributed by atoms with Gasteiger partial charge < -0.3 is 20.9 Å². The first-order valence-electron chi connectivity index (χ1n) is 15.0. The van der Waals surface area contributed by atoms with Gasteiger partial charge in [-0.25, -0.2) is 14.4 Å². The minimum Gasteiger partial charge on any atom is -0.335 e. The van der Waals surface area contributed by atoms with Crippen LogP contribution in [0.2, 0.25) is 0 Å². The van der Waals surface area contributed by atoms with Crippen molar-refractivity contribution in [1.29, 1.82) is 0 Å². The highest BCUT2D eigenvalue weighted by molar-refractivity contribution is 5.96. The summed E-state index contributed by atoms with van der Waals surface area (Å²) in [6.45, 7) is 2.04. The Bertz CT molecular complexity index is 2140. The van der Waals surface area contributed by atoms with Gasteiger partial charge >= 0.3 is 0 Å². The van der Waals surface area contributed by atoms with E-state index in [0.29, 0.717) is 41.3 Å². The number of rotatable bonds is 10. The van der Waals surface area contributed by atoms with Crippen molar-refractivity contribution in [2.24, 2.45) is 5.73 Å². The van der Waals surface area contributed by atoms with E-state index in [4.69, 9.17) is 10.7 Å². The van der Waals surface area contributed by atoms with E-state index in [1.165, 1.54) is 17.7 Å². The molecule has 0 saturated heterocycles. The van der Waals surface area contributed by atoms with Crippen molar-refractivity contribution in [2.45, 2.75) is 19.1 Å². The molecule has 0 bridgehead atoms. The van der Waals surface area contributed by atoms with Gasteiger partial charge in [0.1, 0.15) is 11.5 Å². The first-order valence-corrected chi connectivity index (χ1v) is 15.0. The minimum atomic E-state index is -0.352. The molecule has 10 nitrogen and oxygen atoms in total. The van der Waals surface area contributed by atoms with Crippen LogP contribution in [0, 0.1) is 5.82 Å². The molecule has 0 amide bonds. The van der Waals surface area contributed by atoms with Gasteiger partial charge in [0.15, 0.2) is 11.5 Å². The molecule has 0 aliphatic heterocycles. The van der Waals surface area contributed by atoms with Crippen LogP contribution in [0.15, 0.2) is 91.5 Å². The molecule has 5 heterocycles. The number of benzene rings is 2. The molecule has 7 rings (SSSR count). The zero-order chi connectivity index (χ0) is 31.6. The van der Waals surface area contributed by atoms with Gasteiger partial charge in [-0.15, -0.1) is 0 Å². The Hall–Kier alpha value is -5.36. The van der Waals surface area contributed by atoms with E-state index in [2.05, 4.69) is 53.6 Å². The van der Waals surface area contributed by atoms with E-state index in [0.717, 1.165) is 45.4 Å². The highest BCUT2D eigenvalue weighted by atomic mass is 19.1. The van der Waals surface area contributed by atoms with Crippen LogP contribution in [0.3, 0.4) is 0 Å². The molecular formula is C35H33FN10. The number of aromatic amines is 2. The third-order valence-corrected chi connectivity index (χ3v) is 7.88. The van der Waals surface area contributed by atoms with Gasteiger partial charge in [0.05, 0.1) is 22.9 Å². The minimum absolute atomic E-state index is 0.334. The third-order valence-electron chi connectivity index (χ3n) is 7.88. The van der Waals surface area contributed by atoms with Crippen molar-refractivity contribution in [2.75, 3.05) is 20.6 Å². The number of nitrogens with two attached hydrogens (primary N) is 1. The Labute approximate surface area is 265 Å². The summed E-state index contributed by atoms with van der Waals surface area (Å²) in [4.78, 5) is 23.8. The molecule has 0 aliphatic rings. The van der Waals surface area contributed by atoms with Crippen LogP contribution in [-0.2, 0) is 13.1 Å². The highest BCUT2D eigenvalue weighted by Gasteiger charge is 2.18. The average molecular weight is 613 g/mol. The van der Waals surface area contributed by atoms with Crippen LogP contribution >= 0.6 is 0 Å². The number of hydrogen-bond acceptors (Lipinski definition) is 8. The number of halogens is 1. The normalized spacial score (nSPS) is 12.4. The number of fused-ring (bicyclic) bond motifs is 2. The summed E-state index contributed by atoms with van der Waals surface area (Å²) < 4.78 is 14.8. The molecule has 1 unspecified atom stereocenters. The number of H-pyrrole nitrogens is 2. The second kappa shape index (κ2) is 12.6. The lowest BCUT2D eigenvalue weighted by Crippen LogP contribution is -2.26. The van der Waals surface area contributed by atoms with E-state index in [9.17, 15) is 4.39 Å². The molecule has 0 radical (unpaired) electrons. The lowest BCUT2D eigenvalue weighted by molar-refractivity contribution is 0.376. The van der Waals surface area contributed by atoms with Gasteiger partial charge in [0, 0.05) is 60.8 Å². The molecule has 2 aromatic carbocycles. The molecule has 0 saturated carbocycles. The topological polar surface area (TPSA) is 137 Å². The maximum atomic E-state index is 14.8. The maximum absolute atomic E-state index is 14.8. The fourth-order valence-corrected chi connectivity index (χ4v) is 5.67. The summed E-state index contributed by atoms with van der Waals surface area (Å²) in [6, 6.07) is 20.8. The summed E-state index contributed by atoms with van der Waals surface area (Å²) >= 11 is 0. The molecule has 0 aliphatic carbocycles. The van der Waals surface area contributed by atoms with E-state index in [1.807, 2.05) is 67.8 Å². The number of nitrogens with one attached hydrogen (secondary N) is 3. The van der Waals surface area contributed by atoms with Crippen molar-refractivity contribution < 1.29 is 4.39 Å². The summed E-state index contributed by atoms with van der Waals surface area (Å²) in [7, 11) is 3.88. The van der Waals surface area contributed by atoms with Crippen LogP contribution in [0.4, 0.5) is 4.39 Å². The molecule has 7 aromatic rings. The summed E-state index contributed by atoms with van der Waals surface area (Å²) in [6.07, 6.45) is 7.11. The Kier molecular flexibility index (Phi) is 8.02. The number of likely N-dealkylation sites (N-methyl/N-ethyl adjacent to an activating group) is 1. The van der Waals surface area contributed by atoms with Gasteiger partial charge in [-0.2, -0.15) is 5.10 Å². The molecule has 0 fully saturated rings. The van der Waals surface area contributed by atoms with Gasteiger partial charge in [-0.1, -0.05) is 30.3 Å². The van der Waals surface area contributed by atoms with Gasteiger partial charge in [-0.05, 0) is 72.7 Å². The Balaban J connectivity index is 1.19. The second-order valence-electron chi connectivity index (χ2n) is 11.6. The summed E-state index contributed by atoms with van der Waals surface area (Å²) in [5, 5.41) is 12.0. The lowest BCUT2D eigenvalue weighted by atomic mass is 9.99. The Morgan fingerprint density at radius 1 is 0.913 bits per heavy atom.